The van der Waals surface area contributed by atoms with Gasteiger partial charge in [0.1, 0.15) is 10.8 Å². The number of likely N-dealkylation sites (N-methyl/N-ethyl adjacent to an activating group) is 1. The standard InChI is InChI=1S/C18H24F3N7S/c1-22-17(25-11-16-26-14(12-29-16)18(19,20)21)24-10-13-3-4-23-15(9-13)28-7-5-27(2)6-8-28/h3-4,9,12H,5-8,10-11H2,1-2H3,(H2,22,24,25). The van der Waals surface area contributed by atoms with E-state index in [0.717, 1.165) is 54.3 Å². The van der Waals surface area contributed by atoms with Crippen LogP contribution in [0.1, 0.15) is 16.3 Å². The molecule has 29 heavy (non-hydrogen) atoms. The van der Waals surface area contributed by atoms with Crippen LogP contribution in [0.25, 0.3) is 0 Å². The number of rotatable bonds is 5. The van der Waals surface area contributed by atoms with Crippen molar-refractivity contribution in [2.24, 2.45) is 4.99 Å². The number of thiazole rings is 1. The Bertz CT molecular complexity index is 829. The Labute approximate surface area is 171 Å². The summed E-state index contributed by atoms with van der Waals surface area (Å²) in [6.07, 6.45) is -2.63. The predicted octanol–water partition coefficient (Wildman–Crippen LogP) is 2.17. The maximum atomic E-state index is 12.6. The summed E-state index contributed by atoms with van der Waals surface area (Å²) in [5.74, 6) is 1.44. The van der Waals surface area contributed by atoms with E-state index in [4.69, 9.17) is 0 Å². The van der Waals surface area contributed by atoms with Crippen LogP contribution in [0.2, 0.25) is 0 Å². The highest BCUT2D eigenvalue weighted by atomic mass is 32.1. The van der Waals surface area contributed by atoms with Gasteiger partial charge in [0, 0.05) is 51.3 Å². The normalized spacial score (nSPS) is 16.2. The fourth-order valence-electron chi connectivity index (χ4n) is 2.87. The van der Waals surface area contributed by atoms with Gasteiger partial charge in [-0.15, -0.1) is 11.3 Å². The summed E-state index contributed by atoms with van der Waals surface area (Å²) in [6, 6.07) is 3.97. The van der Waals surface area contributed by atoms with E-state index in [-0.39, 0.29) is 6.54 Å². The Morgan fingerprint density at radius 2 is 1.93 bits per heavy atom. The maximum absolute atomic E-state index is 12.6. The van der Waals surface area contributed by atoms with Crippen molar-refractivity contribution >= 4 is 23.1 Å². The summed E-state index contributed by atoms with van der Waals surface area (Å²) in [7, 11) is 3.72. The number of aromatic nitrogens is 2. The maximum Gasteiger partial charge on any atom is 0.434 e. The number of pyridine rings is 1. The second-order valence-electron chi connectivity index (χ2n) is 6.72. The number of anilines is 1. The summed E-state index contributed by atoms with van der Waals surface area (Å²) in [6.45, 7) is 4.59. The zero-order valence-electron chi connectivity index (χ0n) is 16.3. The highest BCUT2D eigenvalue weighted by Crippen LogP contribution is 2.29. The van der Waals surface area contributed by atoms with Gasteiger partial charge in [0.2, 0.25) is 0 Å². The zero-order valence-corrected chi connectivity index (χ0v) is 17.1. The summed E-state index contributed by atoms with van der Waals surface area (Å²) >= 11 is 0.968. The van der Waals surface area contributed by atoms with Crippen LogP contribution in [-0.2, 0) is 19.3 Å². The van der Waals surface area contributed by atoms with Crippen molar-refractivity contribution in [3.05, 3.63) is 40.0 Å². The van der Waals surface area contributed by atoms with E-state index in [2.05, 4.69) is 42.4 Å². The number of hydrogen-bond donors (Lipinski definition) is 2. The van der Waals surface area contributed by atoms with Crippen LogP contribution in [-0.4, -0.2) is 61.1 Å². The number of halogens is 3. The van der Waals surface area contributed by atoms with Crippen molar-refractivity contribution in [2.75, 3.05) is 45.2 Å². The number of alkyl halides is 3. The summed E-state index contributed by atoms with van der Waals surface area (Å²) in [5, 5.41) is 7.53. The molecular weight excluding hydrogens is 403 g/mol. The van der Waals surface area contributed by atoms with E-state index >= 15 is 0 Å². The van der Waals surface area contributed by atoms with Crippen LogP contribution >= 0.6 is 11.3 Å². The minimum absolute atomic E-state index is 0.170. The van der Waals surface area contributed by atoms with E-state index in [1.807, 2.05) is 12.1 Å². The van der Waals surface area contributed by atoms with Crippen LogP contribution in [0.3, 0.4) is 0 Å². The van der Waals surface area contributed by atoms with Gasteiger partial charge < -0.3 is 20.4 Å². The van der Waals surface area contributed by atoms with Crippen LogP contribution in [0.4, 0.5) is 19.0 Å². The molecular formula is C18H24F3N7S. The predicted molar refractivity (Wildman–Crippen MR) is 108 cm³/mol. The van der Waals surface area contributed by atoms with Crippen LogP contribution in [0.15, 0.2) is 28.7 Å². The molecule has 0 spiro atoms. The molecule has 7 nitrogen and oxygen atoms in total. The topological polar surface area (TPSA) is 68.7 Å². The molecule has 2 aromatic rings. The van der Waals surface area contributed by atoms with Crippen LogP contribution in [0.5, 0.6) is 0 Å². The molecule has 3 heterocycles. The monoisotopic (exact) mass is 427 g/mol. The molecule has 3 rings (SSSR count). The molecule has 2 N–H and O–H groups in total. The lowest BCUT2D eigenvalue weighted by Gasteiger charge is -2.33. The molecule has 1 fully saturated rings. The summed E-state index contributed by atoms with van der Waals surface area (Å²) in [4.78, 5) is 16.7. The molecule has 158 valence electrons. The molecule has 0 aromatic carbocycles. The number of piperazine rings is 1. The molecule has 0 unspecified atom stereocenters. The zero-order chi connectivity index (χ0) is 20.9. The summed E-state index contributed by atoms with van der Waals surface area (Å²) in [5.41, 5.74) is 0.181. The van der Waals surface area contributed by atoms with E-state index in [9.17, 15) is 13.2 Å². The van der Waals surface area contributed by atoms with Gasteiger partial charge in [-0.1, -0.05) is 0 Å². The number of aliphatic imine (C=N–C) groups is 1. The molecule has 0 atom stereocenters. The fraction of sp³-hybridized carbons (Fsp3) is 0.500. The highest BCUT2D eigenvalue weighted by molar-refractivity contribution is 7.09. The van der Waals surface area contributed by atoms with Gasteiger partial charge >= 0.3 is 6.18 Å². The molecule has 1 aliphatic rings. The Balaban J connectivity index is 1.52. The van der Waals surface area contributed by atoms with Gasteiger partial charge in [-0.3, -0.25) is 4.99 Å². The minimum Gasteiger partial charge on any atom is -0.354 e. The van der Waals surface area contributed by atoms with Crippen molar-refractivity contribution in [3.8, 4) is 0 Å². The number of hydrogen-bond acceptors (Lipinski definition) is 6. The Hall–Kier alpha value is -2.40. The Morgan fingerprint density at radius 3 is 2.59 bits per heavy atom. The first-order valence-electron chi connectivity index (χ1n) is 9.19. The lowest BCUT2D eigenvalue weighted by molar-refractivity contribution is -0.140. The molecule has 2 aromatic heterocycles. The molecule has 1 aliphatic heterocycles. The highest BCUT2D eigenvalue weighted by Gasteiger charge is 2.33. The third-order valence-electron chi connectivity index (χ3n) is 4.57. The average Bonchev–Trinajstić information content (AvgIpc) is 3.18. The van der Waals surface area contributed by atoms with Crippen molar-refractivity contribution in [3.63, 3.8) is 0 Å². The van der Waals surface area contributed by atoms with Crippen molar-refractivity contribution in [2.45, 2.75) is 19.3 Å². The van der Waals surface area contributed by atoms with E-state index in [0.29, 0.717) is 17.5 Å². The van der Waals surface area contributed by atoms with E-state index in [1.54, 1.807) is 13.2 Å². The lowest BCUT2D eigenvalue weighted by Crippen LogP contribution is -2.44. The van der Waals surface area contributed by atoms with Crippen LogP contribution in [0, 0.1) is 0 Å². The Kier molecular flexibility index (Phi) is 6.91. The van der Waals surface area contributed by atoms with Crippen LogP contribution < -0.4 is 15.5 Å². The van der Waals surface area contributed by atoms with Gasteiger partial charge in [-0.05, 0) is 24.7 Å². The minimum atomic E-state index is -4.42. The van der Waals surface area contributed by atoms with Crippen molar-refractivity contribution < 1.29 is 13.2 Å². The third kappa shape index (κ3) is 6.04. The van der Waals surface area contributed by atoms with Gasteiger partial charge in [0.15, 0.2) is 11.7 Å². The molecule has 0 radical (unpaired) electrons. The second kappa shape index (κ2) is 9.40. The average molecular weight is 428 g/mol. The quantitative estimate of drug-likeness (QED) is 0.563. The molecule has 11 heteroatoms. The Morgan fingerprint density at radius 1 is 1.21 bits per heavy atom. The van der Waals surface area contributed by atoms with E-state index in [1.165, 1.54) is 0 Å². The first kappa shape index (κ1) is 21.3. The van der Waals surface area contributed by atoms with Gasteiger partial charge in [-0.25, -0.2) is 9.97 Å². The number of nitrogens with zero attached hydrogens (tertiary/aromatic N) is 5. The molecule has 1 saturated heterocycles. The lowest BCUT2D eigenvalue weighted by atomic mass is 10.2. The SMILES string of the molecule is CN=C(NCc1ccnc(N2CCN(C)CC2)c1)NCc1nc(C(F)(F)F)cs1. The largest absolute Gasteiger partial charge is 0.434 e. The molecule has 0 saturated carbocycles. The third-order valence-corrected chi connectivity index (χ3v) is 5.42. The number of nitrogens with one attached hydrogen (secondary N) is 2. The van der Waals surface area contributed by atoms with Crippen molar-refractivity contribution in [1.29, 1.82) is 0 Å². The van der Waals surface area contributed by atoms with Gasteiger partial charge in [-0.2, -0.15) is 13.2 Å². The fourth-order valence-corrected chi connectivity index (χ4v) is 3.61. The smallest absolute Gasteiger partial charge is 0.354 e. The molecule has 0 aliphatic carbocycles. The van der Waals surface area contributed by atoms with Crippen molar-refractivity contribution in [1.82, 2.24) is 25.5 Å². The number of guanidine groups is 1. The molecule has 0 amide bonds. The van der Waals surface area contributed by atoms with E-state index < -0.39 is 11.9 Å². The molecule has 0 bridgehead atoms. The van der Waals surface area contributed by atoms with Gasteiger partial charge in [0.05, 0.1) is 6.54 Å². The first-order chi connectivity index (χ1) is 13.8. The second-order valence-corrected chi connectivity index (χ2v) is 7.66. The first-order valence-corrected chi connectivity index (χ1v) is 10.1. The van der Waals surface area contributed by atoms with Gasteiger partial charge in [0.25, 0.3) is 0 Å². The summed E-state index contributed by atoms with van der Waals surface area (Å²) < 4.78 is 37.9.